The fraction of sp³-hybridized carbons (Fsp3) is 0.500. The molecule has 24 heavy (non-hydrogen) atoms. The average molecular weight is 402 g/mol. The number of amides is 2. The normalized spacial score (nSPS) is 13.7. The van der Waals surface area contributed by atoms with Gasteiger partial charge < -0.3 is 26.6 Å². The Morgan fingerprint density at radius 2 is 1.88 bits per heavy atom. The smallest absolute Gasteiger partial charge is 0.322 e. The summed E-state index contributed by atoms with van der Waals surface area (Å²) < 4.78 is 0.176. The second kappa shape index (κ2) is 12.0. The molecular formula is C12H17Cl2N3O6S. The van der Waals surface area contributed by atoms with E-state index >= 15 is 0 Å². The molecule has 12 heteroatoms. The van der Waals surface area contributed by atoms with Crippen molar-refractivity contribution in [2.24, 2.45) is 5.73 Å². The lowest BCUT2D eigenvalue weighted by Crippen LogP contribution is -2.49. The Hall–Kier alpha value is -1.49. The van der Waals surface area contributed by atoms with Crippen LogP contribution in [0, 0.1) is 0 Å². The average Bonchev–Trinajstić information content (AvgIpc) is 2.53. The van der Waals surface area contributed by atoms with Crippen molar-refractivity contribution in [1.29, 1.82) is 0 Å². The standard InChI is InChI=1S/C12H17Cl2N3O6S/c13-3-8(14)24-5-7(11(21)16-4-10(19)20)17-9(18)2-1-6(15)12(22)23/h3,6-7H,1-2,4-5,15H2,(H,16,21)(H,17,18)(H,19,20)(H,22,23)/t6-,7-/m0/s1. The number of hydrogen-bond acceptors (Lipinski definition) is 6. The fourth-order valence-corrected chi connectivity index (χ4v) is 2.34. The van der Waals surface area contributed by atoms with Crippen LogP contribution in [-0.2, 0) is 19.2 Å². The zero-order valence-electron chi connectivity index (χ0n) is 12.3. The zero-order chi connectivity index (χ0) is 18.7. The highest BCUT2D eigenvalue weighted by atomic mass is 35.5. The lowest BCUT2D eigenvalue weighted by atomic mass is 10.1. The summed E-state index contributed by atoms with van der Waals surface area (Å²) in [6, 6.07) is -2.27. The summed E-state index contributed by atoms with van der Waals surface area (Å²) in [6.45, 7) is -0.612. The van der Waals surface area contributed by atoms with Crippen molar-refractivity contribution >= 4 is 58.7 Å². The Morgan fingerprint density at radius 3 is 2.38 bits per heavy atom. The molecule has 136 valence electrons. The highest BCUT2D eigenvalue weighted by Crippen LogP contribution is 2.21. The van der Waals surface area contributed by atoms with E-state index < -0.39 is 42.4 Å². The molecule has 0 aliphatic carbocycles. The molecular weight excluding hydrogens is 385 g/mol. The molecule has 0 spiro atoms. The van der Waals surface area contributed by atoms with Crippen molar-refractivity contribution in [3.05, 3.63) is 9.90 Å². The van der Waals surface area contributed by atoms with Gasteiger partial charge in [-0.25, -0.2) is 0 Å². The van der Waals surface area contributed by atoms with Gasteiger partial charge >= 0.3 is 11.9 Å². The van der Waals surface area contributed by atoms with Crippen molar-refractivity contribution in [1.82, 2.24) is 10.6 Å². The Bertz CT molecular complexity index is 517. The van der Waals surface area contributed by atoms with Gasteiger partial charge in [0.1, 0.15) is 18.6 Å². The van der Waals surface area contributed by atoms with Gasteiger partial charge in [0, 0.05) is 17.7 Å². The van der Waals surface area contributed by atoms with Crippen LogP contribution in [0.4, 0.5) is 0 Å². The number of thioether (sulfide) groups is 1. The minimum absolute atomic E-state index is 0.00420. The highest BCUT2D eigenvalue weighted by Gasteiger charge is 2.22. The maximum atomic E-state index is 11.9. The van der Waals surface area contributed by atoms with Crippen LogP contribution in [-0.4, -0.2) is 58.3 Å². The van der Waals surface area contributed by atoms with Gasteiger partial charge in [-0.2, -0.15) is 0 Å². The first-order chi connectivity index (χ1) is 11.2. The van der Waals surface area contributed by atoms with E-state index in [-0.39, 0.29) is 23.0 Å². The molecule has 0 heterocycles. The van der Waals surface area contributed by atoms with Crippen molar-refractivity contribution < 1.29 is 29.4 Å². The molecule has 0 saturated carbocycles. The molecule has 2 amide bonds. The Kier molecular flexibility index (Phi) is 11.2. The number of nitrogens with one attached hydrogen (secondary N) is 2. The molecule has 0 aromatic heterocycles. The van der Waals surface area contributed by atoms with Crippen LogP contribution in [0.3, 0.4) is 0 Å². The van der Waals surface area contributed by atoms with Crippen molar-refractivity contribution in [3.63, 3.8) is 0 Å². The Labute approximate surface area is 151 Å². The first-order valence-electron chi connectivity index (χ1n) is 6.53. The molecule has 0 bridgehead atoms. The molecule has 6 N–H and O–H groups in total. The van der Waals surface area contributed by atoms with Crippen LogP contribution in [0.5, 0.6) is 0 Å². The molecule has 0 aromatic carbocycles. The molecule has 0 saturated heterocycles. The third-order valence-electron chi connectivity index (χ3n) is 2.54. The number of halogens is 2. The summed E-state index contributed by atoms with van der Waals surface area (Å²) in [7, 11) is 0. The van der Waals surface area contributed by atoms with E-state index in [2.05, 4.69) is 10.6 Å². The number of hydrogen-bond donors (Lipinski definition) is 5. The van der Waals surface area contributed by atoms with Gasteiger partial charge in [0.05, 0.1) is 4.36 Å². The third kappa shape index (κ3) is 10.3. The summed E-state index contributed by atoms with van der Waals surface area (Å²) in [4.78, 5) is 44.8. The monoisotopic (exact) mass is 401 g/mol. The Morgan fingerprint density at radius 1 is 1.25 bits per heavy atom. The molecule has 0 aromatic rings. The lowest BCUT2D eigenvalue weighted by Gasteiger charge is -2.18. The van der Waals surface area contributed by atoms with Gasteiger partial charge in [0.15, 0.2) is 0 Å². The molecule has 9 nitrogen and oxygen atoms in total. The number of carbonyl (C=O) groups excluding carboxylic acids is 2. The molecule has 2 atom stereocenters. The van der Waals surface area contributed by atoms with Gasteiger partial charge in [-0.3, -0.25) is 19.2 Å². The van der Waals surface area contributed by atoms with Crippen LogP contribution in [0.15, 0.2) is 9.90 Å². The Balaban J connectivity index is 4.66. The first kappa shape index (κ1) is 22.5. The van der Waals surface area contributed by atoms with Gasteiger partial charge in [0.25, 0.3) is 0 Å². The molecule has 0 aliphatic heterocycles. The second-order valence-corrected chi connectivity index (χ2v) is 6.35. The van der Waals surface area contributed by atoms with Crippen LogP contribution in [0.25, 0.3) is 0 Å². The van der Waals surface area contributed by atoms with Crippen LogP contribution in [0.1, 0.15) is 12.8 Å². The van der Waals surface area contributed by atoms with Crippen LogP contribution < -0.4 is 16.4 Å². The van der Waals surface area contributed by atoms with Crippen LogP contribution >= 0.6 is 35.0 Å². The van der Waals surface area contributed by atoms with E-state index in [1.54, 1.807) is 0 Å². The number of aliphatic carboxylic acids is 2. The van der Waals surface area contributed by atoms with Gasteiger partial charge in [-0.1, -0.05) is 23.2 Å². The van der Waals surface area contributed by atoms with Crippen molar-refractivity contribution in [2.45, 2.75) is 24.9 Å². The first-order valence-corrected chi connectivity index (χ1v) is 8.33. The van der Waals surface area contributed by atoms with E-state index in [0.29, 0.717) is 0 Å². The van der Waals surface area contributed by atoms with E-state index in [0.717, 1.165) is 17.3 Å². The molecule has 0 radical (unpaired) electrons. The predicted molar refractivity (Wildman–Crippen MR) is 89.7 cm³/mol. The lowest BCUT2D eigenvalue weighted by molar-refractivity contribution is -0.139. The molecule has 0 rings (SSSR count). The maximum Gasteiger partial charge on any atom is 0.322 e. The summed E-state index contributed by atoms with van der Waals surface area (Å²) in [5.41, 5.74) is 6.36. The quantitative estimate of drug-likeness (QED) is 0.320. The van der Waals surface area contributed by atoms with E-state index in [1.807, 2.05) is 0 Å². The number of carbonyl (C=O) groups is 4. The SMILES string of the molecule is N[C@@H](CCC(=O)N[C@@H](CSC(Cl)=CCl)C(=O)NCC(=O)O)C(=O)O. The predicted octanol–water partition coefficient (Wildman–Crippen LogP) is -0.126. The minimum Gasteiger partial charge on any atom is -0.480 e. The second-order valence-electron chi connectivity index (χ2n) is 4.44. The van der Waals surface area contributed by atoms with E-state index in [9.17, 15) is 19.2 Å². The minimum atomic E-state index is -1.24. The molecule has 0 aliphatic rings. The number of rotatable bonds is 11. The van der Waals surface area contributed by atoms with Gasteiger partial charge in [-0.15, -0.1) is 11.8 Å². The van der Waals surface area contributed by atoms with Gasteiger partial charge in [0.2, 0.25) is 11.8 Å². The zero-order valence-corrected chi connectivity index (χ0v) is 14.7. The largest absolute Gasteiger partial charge is 0.480 e. The topological polar surface area (TPSA) is 159 Å². The summed E-state index contributed by atoms with van der Waals surface area (Å²) in [5, 5.41) is 21.7. The summed E-state index contributed by atoms with van der Waals surface area (Å²) in [5.74, 6) is -3.81. The molecule has 0 fully saturated rings. The fourth-order valence-electron chi connectivity index (χ4n) is 1.34. The van der Waals surface area contributed by atoms with E-state index in [4.69, 9.17) is 39.1 Å². The number of nitrogens with two attached hydrogens (primary N) is 1. The number of carboxylic acids is 2. The summed E-state index contributed by atoms with van der Waals surface area (Å²) in [6.07, 6.45) is -0.319. The number of carboxylic acid groups (broad SMARTS) is 2. The van der Waals surface area contributed by atoms with E-state index in [1.165, 1.54) is 0 Å². The van der Waals surface area contributed by atoms with Crippen molar-refractivity contribution in [2.75, 3.05) is 12.3 Å². The maximum absolute atomic E-state index is 11.9. The summed E-state index contributed by atoms with van der Waals surface area (Å²) >= 11 is 12.0. The van der Waals surface area contributed by atoms with Crippen molar-refractivity contribution in [3.8, 4) is 0 Å². The van der Waals surface area contributed by atoms with Gasteiger partial charge in [-0.05, 0) is 6.42 Å². The van der Waals surface area contributed by atoms with Crippen LogP contribution in [0.2, 0.25) is 0 Å². The molecule has 0 unspecified atom stereocenters. The third-order valence-corrected chi connectivity index (χ3v) is 4.33. The highest BCUT2D eigenvalue weighted by molar-refractivity contribution is 8.04.